The number of sulfone groups is 1. The SMILES string of the molecule is O=S1(=O)CC(O)C(NCC2CCN(C3CC3)C2)C1. The van der Waals surface area contributed by atoms with E-state index in [1.807, 2.05) is 0 Å². The molecule has 3 atom stereocenters. The summed E-state index contributed by atoms with van der Waals surface area (Å²) in [5, 5.41) is 12.9. The standard InChI is InChI=1S/C12H22N2O3S/c15-12-8-18(16,17)7-11(12)13-5-9-3-4-14(6-9)10-1-2-10/h9-13,15H,1-8H2. The predicted molar refractivity (Wildman–Crippen MR) is 69.2 cm³/mol. The van der Waals surface area contributed by atoms with Crippen LogP contribution in [0.1, 0.15) is 19.3 Å². The fourth-order valence-electron chi connectivity index (χ4n) is 3.14. The van der Waals surface area contributed by atoms with Crippen LogP contribution in [0.15, 0.2) is 0 Å². The minimum absolute atomic E-state index is 0.0798. The van der Waals surface area contributed by atoms with Crippen molar-refractivity contribution in [3.05, 3.63) is 0 Å². The van der Waals surface area contributed by atoms with Gasteiger partial charge in [-0.2, -0.15) is 0 Å². The molecule has 2 saturated heterocycles. The Kier molecular flexibility index (Phi) is 3.38. The molecule has 0 spiro atoms. The second-order valence-electron chi connectivity index (χ2n) is 6.04. The van der Waals surface area contributed by atoms with E-state index in [0.717, 1.165) is 19.1 Å². The van der Waals surface area contributed by atoms with Crippen molar-refractivity contribution >= 4 is 9.84 Å². The molecule has 2 N–H and O–H groups in total. The summed E-state index contributed by atoms with van der Waals surface area (Å²) < 4.78 is 22.8. The van der Waals surface area contributed by atoms with Gasteiger partial charge in [0.2, 0.25) is 0 Å². The molecule has 0 bridgehead atoms. The van der Waals surface area contributed by atoms with Gasteiger partial charge in [0.15, 0.2) is 9.84 Å². The van der Waals surface area contributed by atoms with Crippen LogP contribution in [0.3, 0.4) is 0 Å². The smallest absolute Gasteiger partial charge is 0.154 e. The van der Waals surface area contributed by atoms with Gasteiger partial charge in [-0.3, -0.25) is 0 Å². The first-order valence-corrected chi connectivity index (χ1v) is 8.71. The number of hydrogen-bond acceptors (Lipinski definition) is 5. The Labute approximate surface area is 108 Å². The fourth-order valence-corrected chi connectivity index (χ4v) is 4.92. The van der Waals surface area contributed by atoms with Crippen LogP contribution < -0.4 is 5.32 Å². The largest absolute Gasteiger partial charge is 0.390 e. The molecule has 1 saturated carbocycles. The zero-order valence-electron chi connectivity index (χ0n) is 10.6. The molecule has 2 heterocycles. The Morgan fingerprint density at radius 1 is 1.22 bits per heavy atom. The third kappa shape index (κ3) is 2.87. The van der Waals surface area contributed by atoms with E-state index < -0.39 is 15.9 Å². The lowest BCUT2D eigenvalue weighted by atomic mass is 10.1. The molecule has 1 aliphatic carbocycles. The Morgan fingerprint density at radius 3 is 2.61 bits per heavy atom. The van der Waals surface area contributed by atoms with Crippen LogP contribution in [0.4, 0.5) is 0 Å². The molecular formula is C12H22N2O3S. The summed E-state index contributed by atoms with van der Waals surface area (Å²) in [6.45, 7) is 3.15. The summed E-state index contributed by atoms with van der Waals surface area (Å²) in [6, 6.07) is 0.567. The summed E-state index contributed by atoms with van der Waals surface area (Å²) >= 11 is 0. The highest BCUT2D eigenvalue weighted by molar-refractivity contribution is 7.91. The second kappa shape index (κ2) is 4.74. The highest BCUT2D eigenvalue weighted by atomic mass is 32.2. The topological polar surface area (TPSA) is 69.6 Å². The Hall–Kier alpha value is -0.170. The van der Waals surface area contributed by atoms with Gasteiger partial charge in [0.25, 0.3) is 0 Å². The predicted octanol–water partition coefficient (Wildman–Crippen LogP) is -0.782. The van der Waals surface area contributed by atoms with E-state index >= 15 is 0 Å². The van der Waals surface area contributed by atoms with E-state index in [-0.39, 0.29) is 17.5 Å². The van der Waals surface area contributed by atoms with Gasteiger partial charge in [-0.05, 0) is 38.3 Å². The van der Waals surface area contributed by atoms with E-state index in [1.54, 1.807) is 0 Å². The average molecular weight is 274 g/mol. The second-order valence-corrected chi connectivity index (χ2v) is 8.19. The maximum absolute atomic E-state index is 11.4. The Morgan fingerprint density at radius 2 is 2.00 bits per heavy atom. The van der Waals surface area contributed by atoms with Crippen LogP contribution in [0.5, 0.6) is 0 Å². The molecule has 3 aliphatic rings. The van der Waals surface area contributed by atoms with E-state index in [1.165, 1.54) is 25.8 Å². The van der Waals surface area contributed by atoms with Gasteiger partial charge in [0.05, 0.1) is 17.6 Å². The Balaban J connectivity index is 1.44. The molecule has 6 heteroatoms. The molecule has 104 valence electrons. The van der Waals surface area contributed by atoms with Crippen molar-refractivity contribution in [2.45, 2.75) is 37.5 Å². The van der Waals surface area contributed by atoms with Crippen LogP contribution in [0.2, 0.25) is 0 Å². The monoisotopic (exact) mass is 274 g/mol. The zero-order valence-corrected chi connectivity index (χ0v) is 11.4. The number of likely N-dealkylation sites (tertiary alicyclic amines) is 1. The number of aliphatic hydroxyl groups is 1. The zero-order chi connectivity index (χ0) is 12.8. The number of nitrogens with zero attached hydrogens (tertiary/aromatic N) is 1. The van der Waals surface area contributed by atoms with Gasteiger partial charge in [-0.15, -0.1) is 0 Å². The molecule has 0 amide bonds. The molecule has 0 aromatic heterocycles. The van der Waals surface area contributed by atoms with Gasteiger partial charge >= 0.3 is 0 Å². The Bertz CT molecular complexity index is 408. The van der Waals surface area contributed by atoms with Crippen molar-refractivity contribution in [3.8, 4) is 0 Å². The van der Waals surface area contributed by atoms with Crippen molar-refractivity contribution in [1.29, 1.82) is 0 Å². The first-order chi connectivity index (χ1) is 8.53. The van der Waals surface area contributed by atoms with Crippen molar-refractivity contribution in [3.63, 3.8) is 0 Å². The van der Waals surface area contributed by atoms with Crippen molar-refractivity contribution in [1.82, 2.24) is 10.2 Å². The lowest BCUT2D eigenvalue weighted by Gasteiger charge is -2.19. The van der Waals surface area contributed by atoms with Crippen LogP contribution in [-0.2, 0) is 9.84 Å². The van der Waals surface area contributed by atoms with E-state index in [4.69, 9.17) is 0 Å². The van der Waals surface area contributed by atoms with Crippen molar-refractivity contribution in [2.75, 3.05) is 31.1 Å². The molecule has 5 nitrogen and oxygen atoms in total. The lowest BCUT2D eigenvalue weighted by molar-refractivity contribution is 0.163. The summed E-state index contributed by atoms with van der Waals surface area (Å²) in [6.07, 6.45) is 3.16. The van der Waals surface area contributed by atoms with Gasteiger partial charge in [-0.1, -0.05) is 0 Å². The van der Waals surface area contributed by atoms with Crippen LogP contribution >= 0.6 is 0 Å². The molecule has 3 fully saturated rings. The van der Waals surface area contributed by atoms with Crippen molar-refractivity contribution in [2.24, 2.45) is 5.92 Å². The molecule has 0 radical (unpaired) electrons. The van der Waals surface area contributed by atoms with Gasteiger partial charge in [0, 0.05) is 18.6 Å². The van der Waals surface area contributed by atoms with Crippen LogP contribution in [-0.4, -0.2) is 67.8 Å². The number of nitrogens with one attached hydrogen (secondary N) is 1. The molecule has 0 aromatic rings. The maximum atomic E-state index is 11.4. The highest BCUT2D eigenvalue weighted by Crippen LogP contribution is 2.31. The van der Waals surface area contributed by atoms with Crippen molar-refractivity contribution < 1.29 is 13.5 Å². The molecular weight excluding hydrogens is 252 g/mol. The van der Waals surface area contributed by atoms with Gasteiger partial charge < -0.3 is 15.3 Å². The van der Waals surface area contributed by atoms with Crippen LogP contribution in [0, 0.1) is 5.92 Å². The summed E-state index contributed by atoms with van der Waals surface area (Å²) in [5.41, 5.74) is 0. The average Bonchev–Trinajstić information content (AvgIpc) is 2.96. The number of aliphatic hydroxyl groups excluding tert-OH is 1. The first kappa shape index (κ1) is 12.8. The fraction of sp³-hybridized carbons (Fsp3) is 1.00. The summed E-state index contributed by atoms with van der Waals surface area (Å²) in [5.74, 6) is 0.623. The molecule has 0 aromatic carbocycles. The molecule has 18 heavy (non-hydrogen) atoms. The lowest BCUT2D eigenvalue weighted by Crippen LogP contribution is -2.41. The summed E-state index contributed by atoms with van der Waals surface area (Å²) in [7, 11) is -3.03. The summed E-state index contributed by atoms with van der Waals surface area (Å²) in [4.78, 5) is 2.55. The quantitative estimate of drug-likeness (QED) is 0.704. The van der Waals surface area contributed by atoms with E-state index in [0.29, 0.717) is 5.92 Å². The van der Waals surface area contributed by atoms with E-state index in [2.05, 4.69) is 10.2 Å². The number of rotatable bonds is 4. The van der Waals surface area contributed by atoms with Gasteiger partial charge in [-0.25, -0.2) is 8.42 Å². The molecule has 2 aliphatic heterocycles. The number of hydrogen-bond donors (Lipinski definition) is 2. The maximum Gasteiger partial charge on any atom is 0.154 e. The molecule has 3 unspecified atom stereocenters. The first-order valence-electron chi connectivity index (χ1n) is 6.89. The van der Waals surface area contributed by atoms with Crippen LogP contribution in [0.25, 0.3) is 0 Å². The third-order valence-corrected chi connectivity index (χ3v) is 6.09. The molecule has 3 rings (SSSR count). The van der Waals surface area contributed by atoms with E-state index in [9.17, 15) is 13.5 Å². The normalized spacial score (nSPS) is 40.4. The third-order valence-electron chi connectivity index (χ3n) is 4.37. The minimum atomic E-state index is -3.03. The minimum Gasteiger partial charge on any atom is -0.390 e. The highest BCUT2D eigenvalue weighted by Gasteiger charge is 2.38. The van der Waals surface area contributed by atoms with Gasteiger partial charge in [0.1, 0.15) is 0 Å².